The SMILES string of the molecule is O=C(Nc1ccccc1)c1nnc2n1C[C@H]1CN(Cc3cccc(Cl)c3)C[C@H]1C2. The van der Waals surface area contributed by atoms with Crippen LogP contribution in [0.2, 0.25) is 5.02 Å². The number of hydrogen-bond donors (Lipinski definition) is 1. The van der Waals surface area contributed by atoms with Crippen molar-refractivity contribution in [3.63, 3.8) is 0 Å². The number of carbonyl (C=O) groups is 1. The summed E-state index contributed by atoms with van der Waals surface area (Å²) >= 11 is 6.13. The average molecular weight is 408 g/mol. The van der Waals surface area contributed by atoms with Crippen molar-refractivity contribution in [2.75, 3.05) is 18.4 Å². The molecule has 6 nitrogen and oxygen atoms in total. The fourth-order valence-corrected chi connectivity index (χ4v) is 4.73. The summed E-state index contributed by atoms with van der Waals surface area (Å²) in [5, 5.41) is 12.2. The second kappa shape index (κ2) is 7.61. The fraction of sp³-hybridized carbons (Fsp3) is 0.318. The molecule has 7 heteroatoms. The molecule has 1 fully saturated rings. The highest BCUT2D eigenvalue weighted by molar-refractivity contribution is 6.30. The van der Waals surface area contributed by atoms with Gasteiger partial charge in [0.15, 0.2) is 0 Å². The first kappa shape index (κ1) is 18.3. The monoisotopic (exact) mass is 407 g/mol. The van der Waals surface area contributed by atoms with Crippen molar-refractivity contribution in [1.82, 2.24) is 19.7 Å². The molecule has 1 saturated heterocycles. The van der Waals surface area contributed by atoms with Crippen LogP contribution in [-0.2, 0) is 19.5 Å². The maximum Gasteiger partial charge on any atom is 0.293 e. The molecule has 2 atom stereocenters. The number of rotatable bonds is 4. The number of nitrogens with zero attached hydrogens (tertiary/aromatic N) is 4. The van der Waals surface area contributed by atoms with E-state index >= 15 is 0 Å². The van der Waals surface area contributed by atoms with Crippen LogP contribution in [-0.4, -0.2) is 38.7 Å². The molecule has 2 aromatic carbocycles. The minimum Gasteiger partial charge on any atom is -0.319 e. The van der Waals surface area contributed by atoms with Crippen LogP contribution in [0.5, 0.6) is 0 Å². The predicted octanol–water partition coefficient (Wildman–Crippen LogP) is 3.49. The maximum atomic E-state index is 12.7. The van der Waals surface area contributed by atoms with E-state index in [0.29, 0.717) is 17.7 Å². The van der Waals surface area contributed by atoms with E-state index in [1.54, 1.807) is 0 Å². The Morgan fingerprint density at radius 1 is 1.03 bits per heavy atom. The number of hydrogen-bond acceptors (Lipinski definition) is 4. The molecule has 0 unspecified atom stereocenters. The Labute approximate surface area is 174 Å². The highest BCUT2D eigenvalue weighted by Gasteiger charge is 2.39. The number of amides is 1. The minimum atomic E-state index is -0.206. The van der Waals surface area contributed by atoms with Crippen LogP contribution in [0.3, 0.4) is 0 Å². The summed E-state index contributed by atoms with van der Waals surface area (Å²) < 4.78 is 2.00. The van der Waals surface area contributed by atoms with Gasteiger partial charge < -0.3 is 9.88 Å². The van der Waals surface area contributed by atoms with Gasteiger partial charge in [-0.3, -0.25) is 9.69 Å². The van der Waals surface area contributed by atoms with Crippen LogP contribution >= 0.6 is 11.6 Å². The molecule has 0 saturated carbocycles. The van der Waals surface area contributed by atoms with Crippen molar-refractivity contribution in [2.24, 2.45) is 11.8 Å². The normalized spacial score (nSPS) is 20.9. The Balaban J connectivity index is 1.28. The number of aromatic nitrogens is 3. The summed E-state index contributed by atoms with van der Waals surface area (Å²) in [4.78, 5) is 15.2. The zero-order valence-corrected chi connectivity index (χ0v) is 16.7. The van der Waals surface area contributed by atoms with Crippen molar-refractivity contribution < 1.29 is 4.79 Å². The van der Waals surface area contributed by atoms with Crippen LogP contribution in [0.25, 0.3) is 0 Å². The highest BCUT2D eigenvalue weighted by atomic mass is 35.5. The van der Waals surface area contributed by atoms with Gasteiger partial charge in [-0.15, -0.1) is 10.2 Å². The summed E-state index contributed by atoms with van der Waals surface area (Å²) in [7, 11) is 0. The number of halogens is 1. The number of para-hydroxylation sites is 1. The number of benzene rings is 2. The van der Waals surface area contributed by atoms with Gasteiger partial charge >= 0.3 is 0 Å². The van der Waals surface area contributed by atoms with E-state index in [0.717, 1.165) is 49.1 Å². The Morgan fingerprint density at radius 2 is 1.86 bits per heavy atom. The fourth-order valence-electron chi connectivity index (χ4n) is 4.52. The highest BCUT2D eigenvalue weighted by Crippen LogP contribution is 2.33. The third kappa shape index (κ3) is 3.78. The van der Waals surface area contributed by atoms with Crippen molar-refractivity contribution >= 4 is 23.2 Å². The van der Waals surface area contributed by atoms with E-state index in [-0.39, 0.29) is 5.91 Å². The summed E-state index contributed by atoms with van der Waals surface area (Å²) in [6, 6.07) is 17.5. The number of likely N-dealkylation sites (tertiary alicyclic amines) is 1. The minimum absolute atomic E-state index is 0.206. The zero-order chi connectivity index (χ0) is 19.8. The molecular formula is C22H22ClN5O. The van der Waals surface area contributed by atoms with Crippen LogP contribution in [0, 0.1) is 11.8 Å². The van der Waals surface area contributed by atoms with E-state index in [1.165, 1.54) is 5.56 Å². The molecule has 0 aliphatic carbocycles. The Hall–Kier alpha value is -2.70. The first-order valence-electron chi connectivity index (χ1n) is 9.91. The molecule has 0 bridgehead atoms. The van der Waals surface area contributed by atoms with Crippen LogP contribution in [0.1, 0.15) is 22.0 Å². The van der Waals surface area contributed by atoms with Gasteiger partial charge in [0.2, 0.25) is 5.82 Å². The zero-order valence-electron chi connectivity index (χ0n) is 16.0. The molecule has 1 aromatic heterocycles. The molecule has 0 spiro atoms. The van der Waals surface area contributed by atoms with E-state index in [1.807, 2.05) is 53.1 Å². The molecule has 0 radical (unpaired) electrons. The standard InChI is InChI=1S/C22H22ClN5O/c23-18-6-4-5-15(9-18)11-27-12-16-10-20-25-26-21(28(20)14-17(16)13-27)22(29)24-19-7-2-1-3-8-19/h1-9,16-17H,10-14H2,(H,24,29)/t16-,17-/m1/s1. The summed E-state index contributed by atoms with van der Waals surface area (Å²) in [6.07, 6.45) is 0.863. The second-order valence-electron chi connectivity index (χ2n) is 7.92. The van der Waals surface area contributed by atoms with Crippen molar-refractivity contribution in [3.05, 3.63) is 76.8 Å². The van der Waals surface area contributed by atoms with Crippen LogP contribution < -0.4 is 5.32 Å². The first-order chi connectivity index (χ1) is 14.2. The topological polar surface area (TPSA) is 63.1 Å². The molecule has 29 heavy (non-hydrogen) atoms. The lowest BCUT2D eigenvalue weighted by atomic mass is 9.89. The Morgan fingerprint density at radius 3 is 2.69 bits per heavy atom. The lowest BCUT2D eigenvalue weighted by molar-refractivity contribution is 0.100. The smallest absolute Gasteiger partial charge is 0.293 e. The lowest BCUT2D eigenvalue weighted by Crippen LogP contribution is -2.31. The van der Waals surface area contributed by atoms with Gasteiger partial charge in [-0.05, 0) is 41.7 Å². The summed E-state index contributed by atoms with van der Waals surface area (Å²) in [5.74, 6) is 2.16. The first-order valence-corrected chi connectivity index (χ1v) is 10.3. The molecule has 2 aliphatic heterocycles. The van der Waals surface area contributed by atoms with Crippen LogP contribution in [0.15, 0.2) is 54.6 Å². The third-order valence-corrected chi connectivity index (χ3v) is 6.11. The molecule has 5 rings (SSSR count). The van der Waals surface area contributed by atoms with Crippen molar-refractivity contribution in [3.8, 4) is 0 Å². The van der Waals surface area contributed by atoms with E-state index in [9.17, 15) is 4.79 Å². The molecule has 148 valence electrons. The second-order valence-corrected chi connectivity index (χ2v) is 8.36. The predicted molar refractivity (Wildman–Crippen MR) is 112 cm³/mol. The van der Waals surface area contributed by atoms with E-state index in [4.69, 9.17) is 11.6 Å². The summed E-state index contributed by atoms with van der Waals surface area (Å²) in [6.45, 7) is 3.73. The van der Waals surface area contributed by atoms with E-state index in [2.05, 4.69) is 26.5 Å². The van der Waals surface area contributed by atoms with Crippen LogP contribution in [0.4, 0.5) is 5.69 Å². The van der Waals surface area contributed by atoms with Gasteiger partial charge in [0, 0.05) is 43.3 Å². The number of fused-ring (bicyclic) bond motifs is 2. The van der Waals surface area contributed by atoms with Gasteiger partial charge in [0.25, 0.3) is 5.91 Å². The largest absolute Gasteiger partial charge is 0.319 e. The van der Waals surface area contributed by atoms with Gasteiger partial charge in [0.05, 0.1) is 0 Å². The van der Waals surface area contributed by atoms with Crippen molar-refractivity contribution in [1.29, 1.82) is 0 Å². The molecule has 1 N–H and O–H groups in total. The third-order valence-electron chi connectivity index (χ3n) is 5.87. The molecule has 2 aliphatic rings. The molecule has 1 amide bonds. The Kier molecular flexibility index (Phi) is 4.81. The molecule has 3 aromatic rings. The average Bonchev–Trinajstić information content (AvgIpc) is 3.29. The molecule has 3 heterocycles. The quantitative estimate of drug-likeness (QED) is 0.719. The number of anilines is 1. The number of carbonyl (C=O) groups excluding carboxylic acids is 1. The molecular weight excluding hydrogens is 386 g/mol. The van der Waals surface area contributed by atoms with Gasteiger partial charge in [-0.25, -0.2) is 0 Å². The summed E-state index contributed by atoms with van der Waals surface area (Å²) in [5.41, 5.74) is 2.00. The van der Waals surface area contributed by atoms with Gasteiger partial charge in [-0.2, -0.15) is 0 Å². The van der Waals surface area contributed by atoms with Gasteiger partial charge in [-0.1, -0.05) is 41.9 Å². The number of nitrogens with one attached hydrogen (secondary N) is 1. The van der Waals surface area contributed by atoms with E-state index < -0.39 is 0 Å². The van der Waals surface area contributed by atoms with Gasteiger partial charge in [0.1, 0.15) is 5.82 Å². The lowest BCUT2D eigenvalue weighted by Gasteiger charge is -2.25. The van der Waals surface area contributed by atoms with Crippen molar-refractivity contribution in [2.45, 2.75) is 19.5 Å². The maximum absolute atomic E-state index is 12.7. The Bertz CT molecular complexity index is 1030.